The van der Waals surface area contributed by atoms with E-state index in [1.165, 1.54) is 38.5 Å². The van der Waals surface area contributed by atoms with E-state index in [9.17, 15) is 4.79 Å². The molecular weight excluding hydrogens is 286 g/mol. The molecule has 0 bridgehead atoms. The van der Waals surface area contributed by atoms with Gasteiger partial charge in [0.1, 0.15) is 0 Å². The third-order valence-corrected chi connectivity index (χ3v) is 4.93. The Balaban J connectivity index is 1.71. The highest BCUT2D eigenvalue weighted by Crippen LogP contribution is 2.29. The SMILES string of the molecule is NC(=O)N(CCCC1CCCCC1)c1cccc2cnccc12. The Morgan fingerprint density at radius 2 is 2.04 bits per heavy atom. The van der Waals surface area contributed by atoms with Gasteiger partial charge in [-0.1, -0.05) is 44.2 Å². The van der Waals surface area contributed by atoms with Crippen LogP contribution in [0.15, 0.2) is 36.7 Å². The first-order valence-electron chi connectivity index (χ1n) is 8.65. The number of urea groups is 1. The van der Waals surface area contributed by atoms with Crippen molar-refractivity contribution in [1.82, 2.24) is 4.98 Å². The summed E-state index contributed by atoms with van der Waals surface area (Å²) in [6.45, 7) is 0.688. The number of carbonyl (C=O) groups is 1. The van der Waals surface area contributed by atoms with Crippen LogP contribution < -0.4 is 10.6 Å². The van der Waals surface area contributed by atoms with Crippen LogP contribution in [0.5, 0.6) is 0 Å². The van der Waals surface area contributed by atoms with Crippen molar-refractivity contribution in [3.8, 4) is 0 Å². The fraction of sp³-hybridized carbons (Fsp3) is 0.474. The van der Waals surface area contributed by atoms with Crippen molar-refractivity contribution in [2.24, 2.45) is 11.7 Å². The summed E-state index contributed by atoms with van der Waals surface area (Å²) in [4.78, 5) is 17.8. The molecule has 1 saturated carbocycles. The smallest absolute Gasteiger partial charge is 0.319 e. The first-order valence-corrected chi connectivity index (χ1v) is 8.65. The van der Waals surface area contributed by atoms with E-state index in [1.54, 1.807) is 11.1 Å². The van der Waals surface area contributed by atoms with Gasteiger partial charge in [-0.05, 0) is 30.9 Å². The third-order valence-electron chi connectivity index (χ3n) is 4.93. The van der Waals surface area contributed by atoms with Crippen molar-refractivity contribution in [1.29, 1.82) is 0 Å². The molecule has 1 aromatic carbocycles. The Morgan fingerprint density at radius 1 is 1.22 bits per heavy atom. The molecule has 1 aromatic heterocycles. The van der Waals surface area contributed by atoms with Crippen LogP contribution >= 0.6 is 0 Å². The van der Waals surface area contributed by atoms with Crippen LogP contribution in [0.1, 0.15) is 44.9 Å². The van der Waals surface area contributed by atoms with Crippen molar-refractivity contribution in [3.63, 3.8) is 0 Å². The van der Waals surface area contributed by atoms with E-state index in [2.05, 4.69) is 4.98 Å². The molecule has 0 aliphatic heterocycles. The van der Waals surface area contributed by atoms with Crippen LogP contribution in [0.2, 0.25) is 0 Å². The second-order valence-corrected chi connectivity index (χ2v) is 6.51. The zero-order valence-corrected chi connectivity index (χ0v) is 13.6. The number of carbonyl (C=O) groups excluding carboxylic acids is 1. The lowest BCUT2D eigenvalue weighted by atomic mass is 9.86. The normalized spacial score (nSPS) is 15.7. The minimum absolute atomic E-state index is 0.377. The maximum Gasteiger partial charge on any atom is 0.319 e. The number of rotatable bonds is 5. The maximum atomic E-state index is 12.0. The summed E-state index contributed by atoms with van der Waals surface area (Å²) in [7, 11) is 0. The molecule has 1 aliphatic rings. The minimum atomic E-state index is -0.377. The Hall–Kier alpha value is -2.10. The molecule has 0 radical (unpaired) electrons. The van der Waals surface area contributed by atoms with Gasteiger partial charge in [0, 0.05) is 29.7 Å². The van der Waals surface area contributed by atoms with Crippen LogP contribution in [0.3, 0.4) is 0 Å². The molecule has 0 atom stereocenters. The lowest BCUT2D eigenvalue weighted by molar-refractivity contribution is 0.253. The Morgan fingerprint density at radius 3 is 2.83 bits per heavy atom. The highest BCUT2D eigenvalue weighted by molar-refractivity contribution is 6.02. The second-order valence-electron chi connectivity index (χ2n) is 6.51. The molecule has 23 heavy (non-hydrogen) atoms. The molecule has 2 aromatic rings. The Labute approximate surface area is 137 Å². The quantitative estimate of drug-likeness (QED) is 0.885. The van der Waals surface area contributed by atoms with E-state index in [0.717, 1.165) is 28.8 Å². The first-order chi connectivity index (χ1) is 11.3. The third kappa shape index (κ3) is 3.81. The highest BCUT2D eigenvalue weighted by Gasteiger charge is 2.17. The summed E-state index contributed by atoms with van der Waals surface area (Å²) < 4.78 is 0. The lowest BCUT2D eigenvalue weighted by Crippen LogP contribution is -2.36. The maximum absolute atomic E-state index is 12.0. The van der Waals surface area contributed by atoms with E-state index in [4.69, 9.17) is 5.73 Å². The molecule has 3 rings (SSSR count). The zero-order chi connectivity index (χ0) is 16.1. The van der Waals surface area contributed by atoms with Crippen molar-refractivity contribution in [3.05, 3.63) is 36.7 Å². The number of nitrogens with zero attached hydrogens (tertiary/aromatic N) is 2. The van der Waals surface area contributed by atoms with Crippen molar-refractivity contribution >= 4 is 22.5 Å². The number of hydrogen-bond acceptors (Lipinski definition) is 2. The predicted molar refractivity (Wildman–Crippen MR) is 94.5 cm³/mol. The standard InChI is InChI=1S/C19H25N3O/c20-19(23)22(13-5-8-15-6-2-1-3-7-15)18-10-4-9-16-14-21-12-11-17(16)18/h4,9-12,14-15H,1-3,5-8,13H2,(H2,20,23). The van der Waals surface area contributed by atoms with Gasteiger partial charge in [0.15, 0.2) is 0 Å². The first kappa shape index (κ1) is 15.8. The molecule has 4 nitrogen and oxygen atoms in total. The van der Waals surface area contributed by atoms with Crippen molar-refractivity contribution in [2.75, 3.05) is 11.4 Å². The monoisotopic (exact) mass is 311 g/mol. The molecule has 1 aliphatic carbocycles. The topological polar surface area (TPSA) is 59.2 Å². The van der Waals surface area contributed by atoms with Gasteiger partial charge in [-0.25, -0.2) is 4.79 Å². The number of primary amides is 1. The molecule has 1 heterocycles. The summed E-state index contributed by atoms with van der Waals surface area (Å²) in [5.41, 5.74) is 6.54. The summed E-state index contributed by atoms with van der Waals surface area (Å²) in [6.07, 6.45) is 12.6. The molecule has 0 spiro atoms. The molecule has 4 heteroatoms. The number of nitrogens with two attached hydrogens (primary N) is 1. The van der Waals surface area contributed by atoms with Crippen LogP contribution in [0.4, 0.5) is 10.5 Å². The largest absolute Gasteiger partial charge is 0.351 e. The predicted octanol–water partition coefficient (Wildman–Crippen LogP) is 4.48. The Bertz CT molecular complexity index is 659. The molecular formula is C19H25N3O. The summed E-state index contributed by atoms with van der Waals surface area (Å²) >= 11 is 0. The van der Waals surface area contributed by atoms with Gasteiger partial charge in [-0.15, -0.1) is 0 Å². The number of anilines is 1. The molecule has 0 unspecified atom stereocenters. The second kappa shape index (κ2) is 7.44. The number of hydrogen-bond donors (Lipinski definition) is 1. The number of pyridine rings is 1. The molecule has 2 amide bonds. The van der Waals surface area contributed by atoms with Gasteiger partial charge in [0.05, 0.1) is 5.69 Å². The fourth-order valence-electron chi connectivity index (χ4n) is 3.70. The summed E-state index contributed by atoms with van der Waals surface area (Å²) in [5.74, 6) is 0.829. The van der Waals surface area contributed by atoms with Crippen molar-refractivity contribution in [2.45, 2.75) is 44.9 Å². The number of aromatic nitrogens is 1. The van der Waals surface area contributed by atoms with E-state index in [-0.39, 0.29) is 6.03 Å². The van der Waals surface area contributed by atoms with Crippen LogP contribution in [-0.4, -0.2) is 17.6 Å². The van der Waals surface area contributed by atoms with Gasteiger partial charge >= 0.3 is 6.03 Å². The van der Waals surface area contributed by atoms with E-state index in [1.807, 2.05) is 30.5 Å². The zero-order valence-electron chi connectivity index (χ0n) is 13.6. The molecule has 122 valence electrons. The van der Waals surface area contributed by atoms with Crippen molar-refractivity contribution < 1.29 is 4.79 Å². The number of fused-ring (bicyclic) bond motifs is 1. The van der Waals surface area contributed by atoms with E-state index >= 15 is 0 Å². The van der Waals surface area contributed by atoms with Gasteiger partial charge in [0.2, 0.25) is 0 Å². The molecule has 2 N–H and O–H groups in total. The Kier molecular flexibility index (Phi) is 5.11. The van der Waals surface area contributed by atoms with Crippen LogP contribution in [0, 0.1) is 5.92 Å². The number of amides is 2. The van der Waals surface area contributed by atoms with Gasteiger partial charge < -0.3 is 5.73 Å². The van der Waals surface area contributed by atoms with E-state index in [0.29, 0.717) is 6.54 Å². The van der Waals surface area contributed by atoms with Gasteiger partial charge in [0.25, 0.3) is 0 Å². The van der Waals surface area contributed by atoms with Gasteiger partial charge in [-0.2, -0.15) is 0 Å². The summed E-state index contributed by atoms with van der Waals surface area (Å²) in [5, 5.41) is 2.06. The highest BCUT2D eigenvalue weighted by atomic mass is 16.2. The van der Waals surface area contributed by atoms with Crippen LogP contribution in [-0.2, 0) is 0 Å². The average Bonchev–Trinajstić information content (AvgIpc) is 2.59. The van der Waals surface area contributed by atoms with E-state index < -0.39 is 0 Å². The summed E-state index contributed by atoms with van der Waals surface area (Å²) in [6, 6.07) is 7.50. The molecule has 0 saturated heterocycles. The molecule has 1 fully saturated rings. The number of benzene rings is 1. The fourth-order valence-corrected chi connectivity index (χ4v) is 3.70. The van der Waals surface area contributed by atoms with Gasteiger partial charge in [-0.3, -0.25) is 9.88 Å². The minimum Gasteiger partial charge on any atom is -0.351 e. The lowest BCUT2D eigenvalue weighted by Gasteiger charge is -2.25. The average molecular weight is 311 g/mol. The van der Waals surface area contributed by atoms with Crippen LogP contribution in [0.25, 0.3) is 10.8 Å².